The van der Waals surface area contributed by atoms with E-state index >= 15 is 0 Å². The molecule has 1 fully saturated rings. The number of aromatic hydroxyl groups is 1. The Balaban J connectivity index is 2.17. The van der Waals surface area contributed by atoms with Gasteiger partial charge in [0.15, 0.2) is 0 Å². The Kier molecular flexibility index (Phi) is 9.65. The van der Waals surface area contributed by atoms with E-state index in [4.69, 9.17) is 5.11 Å². The number of carboxylic acids is 1. The lowest BCUT2D eigenvalue weighted by molar-refractivity contribution is -0.141. The lowest BCUT2D eigenvalue weighted by Crippen LogP contribution is -2.57. The average Bonchev–Trinajstić information content (AvgIpc) is 3.28. The third-order valence-electron chi connectivity index (χ3n) is 5.46. The predicted octanol–water partition coefficient (Wildman–Crippen LogP) is 0.292. The summed E-state index contributed by atoms with van der Waals surface area (Å²) in [7, 11) is 0. The Labute approximate surface area is 193 Å². The van der Waals surface area contributed by atoms with Crippen molar-refractivity contribution >= 4 is 23.7 Å². The van der Waals surface area contributed by atoms with Gasteiger partial charge in [-0.25, -0.2) is 0 Å². The quantitative estimate of drug-likeness (QED) is 0.276. The minimum atomic E-state index is -1.20. The Hall–Kier alpha value is -3.14. The summed E-state index contributed by atoms with van der Waals surface area (Å²) >= 11 is 0. The van der Waals surface area contributed by atoms with E-state index in [2.05, 4.69) is 21.3 Å². The maximum absolute atomic E-state index is 13.1. The number of aliphatic carboxylic acids is 1. The number of carbonyl (C=O) groups excluding carboxylic acids is 3. The molecule has 1 aromatic rings. The third kappa shape index (κ3) is 8.38. The summed E-state index contributed by atoms with van der Waals surface area (Å²) in [5.74, 6) is -2.47. The first kappa shape index (κ1) is 26.1. The number of hydrogen-bond donors (Lipinski definition) is 6. The maximum atomic E-state index is 13.1. The van der Waals surface area contributed by atoms with Crippen molar-refractivity contribution in [3.8, 4) is 5.75 Å². The number of phenols is 1. The summed E-state index contributed by atoms with van der Waals surface area (Å²) in [5, 5.41) is 29.6. The number of rotatable bonds is 11. The van der Waals surface area contributed by atoms with Gasteiger partial charge in [0.2, 0.25) is 17.7 Å². The second-order valence-corrected chi connectivity index (χ2v) is 8.84. The Morgan fingerprint density at radius 1 is 1.00 bits per heavy atom. The summed E-state index contributed by atoms with van der Waals surface area (Å²) in [4.78, 5) is 49.7. The van der Waals surface area contributed by atoms with Gasteiger partial charge in [0.1, 0.15) is 23.9 Å². The lowest BCUT2D eigenvalue weighted by atomic mass is 10.0. The van der Waals surface area contributed by atoms with Gasteiger partial charge in [0, 0.05) is 6.42 Å². The van der Waals surface area contributed by atoms with Crippen molar-refractivity contribution in [2.45, 2.75) is 70.6 Å². The van der Waals surface area contributed by atoms with Crippen LogP contribution in [0.2, 0.25) is 0 Å². The molecule has 0 bridgehead atoms. The molecule has 0 spiro atoms. The molecule has 182 valence electrons. The summed E-state index contributed by atoms with van der Waals surface area (Å²) < 4.78 is 0. The zero-order chi connectivity index (χ0) is 24.5. The normalized spacial score (nSPS) is 18.2. The molecule has 0 aromatic heterocycles. The zero-order valence-corrected chi connectivity index (χ0v) is 19.3. The molecule has 6 N–H and O–H groups in total. The maximum Gasteiger partial charge on any atom is 0.325 e. The van der Waals surface area contributed by atoms with Crippen molar-refractivity contribution in [3.05, 3.63) is 29.8 Å². The highest BCUT2D eigenvalue weighted by Crippen LogP contribution is 2.13. The molecular formula is C23H34N4O6. The molecule has 4 atom stereocenters. The number of nitrogens with one attached hydrogen (secondary N) is 4. The van der Waals surface area contributed by atoms with Crippen LogP contribution in [0.3, 0.4) is 0 Å². The molecule has 3 amide bonds. The third-order valence-corrected chi connectivity index (χ3v) is 5.46. The molecule has 4 unspecified atom stereocenters. The SMILES string of the molecule is CC(C)CC(NC(=O)C1CCCN1)C(=O)NC(Cc1ccc(O)cc1)C(=O)NC(C)C(=O)O. The summed E-state index contributed by atoms with van der Waals surface area (Å²) in [6.45, 7) is 5.93. The molecule has 33 heavy (non-hydrogen) atoms. The fraction of sp³-hybridized carbons (Fsp3) is 0.565. The van der Waals surface area contributed by atoms with Gasteiger partial charge < -0.3 is 31.5 Å². The van der Waals surface area contributed by atoms with Crippen molar-refractivity contribution in [2.24, 2.45) is 5.92 Å². The van der Waals surface area contributed by atoms with Crippen LogP contribution in [0.1, 0.15) is 45.6 Å². The highest BCUT2D eigenvalue weighted by molar-refractivity contribution is 5.94. The van der Waals surface area contributed by atoms with E-state index in [1.807, 2.05) is 13.8 Å². The van der Waals surface area contributed by atoms with Gasteiger partial charge >= 0.3 is 5.97 Å². The predicted molar refractivity (Wildman–Crippen MR) is 121 cm³/mol. The number of carbonyl (C=O) groups is 4. The summed E-state index contributed by atoms with van der Waals surface area (Å²) in [6, 6.07) is 2.75. The van der Waals surface area contributed by atoms with Crippen LogP contribution >= 0.6 is 0 Å². The fourth-order valence-corrected chi connectivity index (χ4v) is 3.61. The lowest BCUT2D eigenvalue weighted by Gasteiger charge is -2.25. The Morgan fingerprint density at radius 3 is 2.18 bits per heavy atom. The van der Waals surface area contributed by atoms with Crippen LogP contribution in [-0.4, -0.2) is 64.6 Å². The first-order valence-corrected chi connectivity index (χ1v) is 11.2. The van der Waals surface area contributed by atoms with Crippen LogP contribution in [0.15, 0.2) is 24.3 Å². The number of hydrogen-bond acceptors (Lipinski definition) is 6. The molecule has 10 nitrogen and oxygen atoms in total. The first-order valence-electron chi connectivity index (χ1n) is 11.2. The van der Waals surface area contributed by atoms with Crippen LogP contribution in [0, 0.1) is 5.92 Å². The molecule has 2 rings (SSSR count). The molecular weight excluding hydrogens is 428 g/mol. The van der Waals surface area contributed by atoms with Crippen molar-refractivity contribution < 1.29 is 29.4 Å². The molecule has 0 radical (unpaired) electrons. The molecule has 1 aromatic carbocycles. The molecule has 1 aliphatic rings. The van der Waals surface area contributed by atoms with Gasteiger partial charge in [-0.2, -0.15) is 0 Å². The number of amides is 3. The average molecular weight is 463 g/mol. The second kappa shape index (κ2) is 12.2. The standard InChI is InChI=1S/C23H34N4O6/c1-13(2)11-18(26-20(29)17-5-4-10-24-17)22(31)27-19(21(30)25-14(3)23(32)33)12-15-6-8-16(28)9-7-15/h6-9,13-14,17-19,24,28H,4-5,10-12H2,1-3H3,(H,25,30)(H,26,29)(H,27,31)(H,32,33). The van der Waals surface area contributed by atoms with Gasteiger partial charge in [-0.05, 0) is 56.3 Å². The Bertz CT molecular complexity index is 836. The largest absolute Gasteiger partial charge is 0.508 e. The molecule has 10 heteroatoms. The van der Waals surface area contributed by atoms with E-state index in [0.717, 1.165) is 13.0 Å². The zero-order valence-electron chi connectivity index (χ0n) is 19.3. The molecule has 0 saturated carbocycles. The smallest absolute Gasteiger partial charge is 0.325 e. The van der Waals surface area contributed by atoms with E-state index in [9.17, 15) is 24.3 Å². The van der Waals surface area contributed by atoms with E-state index in [-0.39, 0.29) is 30.0 Å². The number of benzene rings is 1. The number of phenolic OH excluding ortho intramolecular Hbond substituents is 1. The highest BCUT2D eigenvalue weighted by atomic mass is 16.4. The molecule has 1 saturated heterocycles. The molecule has 1 heterocycles. The summed E-state index contributed by atoms with van der Waals surface area (Å²) in [6.07, 6.45) is 2.04. The van der Waals surface area contributed by atoms with Gasteiger partial charge in [-0.15, -0.1) is 0 Å². The monoisotopic (exact) mass is 462 g/mol. The highest BCUT2D eigenvalue weighted by Gasteiger charge is 2.31. The minimum Gasteiger partial charge on any atom is -0.508 e. The van der Waals surface area contributed by atoms with E-state index in [0.29, 0.717) is 18.4 Å². The Morgan fingerprint density at radius 2 is 1.64 bits per heavy atom. The molecule has 0 aliphatic carbocycles. The topological polar surface area (TPSA) is 157 Å². The van der Waals surface area contributed by atoms with Crippen molar-refractivity contribution in [1.82, 2.24) is 21.3 Å². The van der Waals surface area contributed by atoms with Crippen LogP contribution in [-0.2, 0) is 25.6 Å². The fourth-order valence-electron chi connectivity index (χ4n) is 3.61. The van der Waals surface area contributed by atoms with E-state index < -0.39 is 35.9 Å². The van der Waals surface area contributed by atoms with Gasteiger partial charge in [0.05, 0.1) is 6.04 Å². The summed E-state index contributed by atoms with van der Waals surface area (Å²) in [5.41, 5.74) is 0.663. The van der Waals surface area contributed by atoms with Crippen LogP contribution in [0.5, 0.6) is 5.75 Å². The number of carboxylic acid groups (broad SMARTS) is 1. The van der Waals surface area contributed by atoms with Crippen molar-refractivity contribution in [1.29, 1.82) is 0 Å². The first-order chi connectivity index (χ1) is 15.6. The van der Waals surface area contributed by atoms with Crippen LogP contribution in [0.25, 0.3) is 0 Å². The second-order valence-electron chi connectivity index (χ2n) is 8.84. The van der Waals surface area contributed by atoms with Gasteiger partial charge in [-0.1, -0.05) is 26.0 Å². The van der Waals surface area contributed by atoms with E-state index in [1.54, 1.807) is 12.1 Å². The van der Waals surface area contributed by atoms with Gasteiger partial charge in [0.25, 0.3) is 0 Å². The van der Waals surface area contributed by atoms with Crippen molar-refractivity contribution in [3.63, 3.8) is 0 Å². The minimum absolute atomic E-state index is 0.0588. The van der Waals surface area contributed by atoms with Crippen molar-refractivity contribution in [2.75, 3.05) is 6.54 Å². The van der Waals surface area contributed by atoms with Crippen LogP contribution < -0.4 is 21.3 Å². The van der Waals surface area contributed by atoms with Crippen LogP contribution in [0.4, 0.5) is 0 Å². The molecule has 1 aliphatic heterocycles. The van der Waals surface area contributed by atoms with Gasteiger partial charge in [-0.3, -0.25) is 19.2 Å². The van der Waals surface area contributed by atoms with E-state index in [1.165, 1.54) is 19.1 Å².